The molecule has 1 unspecified atom stereocenters. The molecule has 1 fully saturated rings. The van der Waals surface area contributed by atoms with Crippen LogP contribution < -0.4 is 0 Å². The summed E-state index contributed by atoms with van der Waals surface area (Å²) >= 11 is 3.73. The molecule has 3 rings (SSSR count). The fourth-order valence-electron chi connectivity index (χ4n) is 1.78. The number of hydrogen-bond donors (Lipinski definition) is 2. The van der Waals surface area contributed by atoms with Crippen LogP contribution in [0.15, 0.2) is 22.7 Å². The number of aromatic hydroxyl groups is 2. The molecule has 0 bridgehead atoms. The first-order valence-electron chi connectivity index (χ1n) is 5.79. The van der Waals surface area contributed by atoms with Crippen LogP contribution in [0.3, 0.4) is 0 Å². The fourth-order valence-corrected chi connectivity index (χ4v) is 4.37. The third kappa shape index (κ3) is 2.66. The van der Waals surface area contributed by atoms with Gasteiger partial charge in [0.1, 0.15) is 0 Å². The van der Waals surface area contributed by atoms with E-state index < -0.39 is 0 Å². The lowest BCUT2D eigenvalue weighted by atomic mass is 10.2. The van der Waals surface area contributed by atoms with E-state index in [9.17, 15) is 10.2 Å². The fraction of sp³-hybridized carbons (Fsp3) is 0.333. The number of rotatable bonds is 2. The minimum absolute atomic E-state index is 0.164. The zero-order valence-electron chi connectivity index (χ0n) is 9.94. The van der Waals surface area contributed by atoms with Gasteiger partial charge in [0.15, 0.2) is 17.3 Å². The molecule has 7 heteroatoms. The molecule has 0 spiro atoms. The molecule has 0 radical (unpaired) electrons. The van der Waals surface area contributed by atoms with Crippen molar-refractivity contribution in [3.05, 3.63) is 24.0 Å². The van der Waals surface area contributed by atoms with Crippen molar-refractivity contribution in [2.45, 2.75) is 5.25 Å². The summed E-state index contributed by atoms with van der Waals surface area (Å²) in [6, 6.07) is 4.45. The smallest absolute Gasteiger partial charge is 0.258 e. The maximum Gasteiger partial charge on any atom is 0.258 e. The van der Waals surface area contributed by atoms with E-state index in [0.29, 0.717) is 17.3 Å². The van der Waals surface area contributed by atoms with Gasteiger partial charge in [-0.05, 0) is 18.2 Å². The van der Waals surface area contributed by atoms with Crippen LogP contribution in [-0.4, -0.2) is 37.6 Å². The van der Waals surface area contributed by atoms with Crippen LogP contribution in [0.25, 0.3) is 11.5 Å². The summed E-state index contributed by atoms with van der Waals surface area (Å²) in [7, 11) is 0. The van der Waals surface area contributed by atoms with E-state index >= 15 is 0 Å². The largest absolute Gasteiger partial charge is 0.504 e. The summed E-state index contributed by atoms with van der Waals surface area (Å²) in [4.78, 5) is 4.37. The van der Waals surface area contributed by atoms with Crippen LogP contribution in [0, 0.1) is 0 Å². The first-order valence-corrected chi connectivity index (χ1v) is 7.99. The zero-order chi connectivity index (χ0) is 13.2. The highest BCUT2D eigenvalue weighted by Crippen LogP contribution is 2.36. The average molecular weight is 296 g/mol. The first kappa shape index (κ1) is 12.7. The van der Waals surface area contributed by atoms with Gasteiger partial charge in [-0.2, -0.15) is 16.7 Å². The van der Waals surface area contributed by atoms with Crippen LogP contribution >= 0.6 is 23.5 Å². The Morgan fingerprint density at radius 2 is 2.11 bits per heavy atom. The van der Waals surface area contributed by atoms with Crippen LogP contribution in [0.4, 0.5) is 0 Å². The Morgan fingerprint density at radius 1 is 1.21 bits per heavy atom. The molecule has 2 heterocycles. The average Bonchev–Trinajstić information content (AvgIpc) is 2.93. The molecule has 1 aromatic carbocycles. The number of benzene rings is 1. The Balaban J connectivity index is 1.85. The lowest BCUT2D eigenvalue weighted by molar-refractivity contribution is 0.402. The third-order valence-corrected chi connectivity index (χ3v) is 5.52. The monoisotopic (exact) mass is 296 g/mol. The summed E-state index contributed by atoms with van der Waals surface area (Å²) in [6.07, 6.45) is 0. The van der Waals surface area contributed by atoms with E-state index in [2.05, 4.69) is 10.1 Å². The molecule has 1 aliphatic rings. The van der Waals surface area contributed by atoms with E-state index in [1.54, 1.807) is 6.07 Å². The maximum atomic E-state index is 9.47. The quantitative estimate of drug-likeness (QED) is 0.825. The van der Waals surface area contributed by atoms with Crippen LogP contribution in [0.2, 0.25) is 0 Å². The minimum Gasteiger partial charge on any atom is -0.504 e. The van der Waals surface area contributed by atoms with Gasteiger partial charge in [-0.3, -0.25) is 0 Å². The number of aromatic nitrogens is 2. The number of thioether (sulfide) groups is 2. The molecule has 5 nitrogen and oxygen atoms in total. The van der Waals surface area contributed by atoms with Gasteiger partial charge >= 0.3 is 0 Å². The van der Waals surface area contributed by atoms with Gasteiger partial charge in [-0.15, -0.1) is 11.8 Å². The molecule has 0 amide bonds. The first-order chi connectivity index (χ1) is 9.24. The molecule has 1 aliphatic heterocycles. The molecular weight excluding hydrogens is 284 g/mol. The number of phenolic OH excluding ortho intramolecular Hbond substituents is 2. The molecule has 1 saturated heterocycles. The van der Waals surface area contributed by atoms with Gasteiger partial charge in [0.05, 0.1) is 5.25 Å². The van der Waals surface area contributed by atoms with Crippen LogP contribution in [-0.2, 0) is 0 Å². The van der Waals surface area contributed by atoms with Gasteiger partial charge in [0, 0.05) is 22.8 Å². The summed E-state index contributed by atoms with van der Waals surface area (Å²) in [6.45, 7) is 0. The number of nitrogens with zero attached hydrogens (tertiary/aromatic N) is 2. The van der Waals surface area contributed by atoms with Crippen molar-refractivity contribution in [3.8, 4) is 23.0 Å². The Labute approximate surface area is 118 Å². The predicted octanol–water partition coefficient (Wildman–Crippen LogP) is 2.67. The second kappa shape index (κ2) is 5.34. The zero-order valence-corrected chi connectivity index (χ0v) is 11.6. The predicted molar refractivity (Wildman–Crippen MR) is 75.6 cm³/mol. The van der Waals surface area contributed by atoms with Gasteiger partial charge in [-0.1, -0.05) is 5.16 Å². The Hall–Kier alpha value is -1.34. The van der Waals surface area contributed by atoms with Crippen molar-refractivity contribution >= 4 is 23.5 Å². The summed E-state index contributed by atoms with van der Waals surface area (Å²) in [5.74, 6) is 3.95. The van der Waals surface area contributed by atoms with E-state index in [4.69, 9.17) is 4.52 Å². The van der Waals surface area contributed by atoms with Crippen LogP contribution in [0.1, 0.15) is 11.1 Å². The molecule has 2 N–H and O–H groups in total. The van der Waals surface area contributed by atoms with E-state index in [1.807, 2.05) is 23.5 Å². The normalized spacial score (nSPS) is 19.5. The van der Waals surface area contributed by atoms with Gasteiger partial charge < -0.3 is 14.7 Å². The second-order valence-corrected chi connectivity index (χ2v) is 6.56. The highest BCUT2D eigenvalue weighted by atomic mass is 32.2. The van der Waals surface area contributed by atoms with Crippen LogP contribution in [0.5, 0.6) is 11.5 Å². The number of phenols is 2. The summed E-state index contributed by atoms with van der Waals surface area (Å²) in [5, 5.41) is 23.0. The van der Waals surface area contributed by atoms with Crippen molar-refractivity contribution in [1.29, 1.82) is 0 Å². The highest BCUT2D eigenvalue weighted by molar-refractivity contribution is 8.06. The summed E-state index contributed by atoms with van der Waals surface area (Å²) in [5.41, 5.74) is 0.600. The maximum absolute atomic E-state index is 9.47. The van der Waals surface area contributed by atoms with Gasteiger partial charge in [0.2, 0.25) is 0 Å². The van der Waals surface area contributed by atoms with Gasteiger partial charge in [0.25, 0.3) is 5.89 Å². The van der Waals surface area contributed by atoms with Crippen molar-refractivity contribution in [2.24, 2.45) is 0 Å². The SMILES string of the molecule is Oc1ccc(-c2nc(C3CSCCS3)no2)cc1O. The molecule has 1 atom stereocenters. The standard InChI is InChI=1S/C12H12N2O3S2/c15-8-2-1-7(5-9(8)16)12-13-11(14-17-12)10-6-18-3-4-19-10/h1-2,5,10,15-16H,3-4,6H2. The molecule has 0 aliphatic carbocycles. The van der Waals surface area contributed by atoms with Crippen molar-refractivity contribution < 1.29 is 14.7 Å². The van der Waals surface area contributed by atoms with Crippen molar-refractivity contribution in [2.75, 3.05) is 17.3 Å². The third-order valence-electron chi connectivity index (χ3n) is 2.77. The van der Waals surface area contributed by atoms with Crippen molar-refractivity contribution in [3.63, 3.8) is 0 Å². The van der Waals surface area contributed by atoms with E-state index in [0.717, 1.165) is 17.3 Å². The Bertz CT molecular complexity index is 582. The van der Waals surface area contributed by atoms with E-state index in [-0.39, 0.29) is 16.7 Å². The summed E-state index contributed by atoms with van der Waals surface area (Å²) < 4.78 is 5.22. The molecular formula is C12H12N2O3S2. The van der Waals surface area contributed by atoms with Crippen molar-refractivity contribution in [1.82, 2.24) is 10.1 Å². The minimum atomic E-state index is -0.195. The molecule has 19 heavy (non-hydrogen) atoms. The highest BCUT2D eigenvalue weighted by Gasteiger charge is 2.22. The Kier molecular flexibility index (Phi) is 3.56. The second-order valence-electron chi connectivity index (χ2n) is 4.10. The molecule has 0 saturated carbocycles. The van der Waals surface area contributed by atoms with E-state index in [1.165, 1.54) is 12.1 Å². The number of hydrogen-bond acceptors (Lipinski definition) is 7. The molecule has 2 aromatic rings. The Morgan fingerprint density at radius 3 is 2.84 bits per heavy atom. The lowest BCUT2D eigenvalue weighted by Crippen LogP contribution is -2.07. The molecule has 1 aromatic heterocycles. The molecule has 100 valence electrons. The lowest BCUT2D eigenvalue weighted by Gasteiger charge is -2.16. The topological polar surface area (TPSA) is 79.4 Å². The van der Waals surface area contributed by atoms with Gasteiger partial charge in [-0.25, -0.2) is 0 Å².